The van der Waals surface area contributed by atoms with Gasteiger partial charge in [-0.2, -0.15) is 0 Å². The molecule has 1 aliphatic heterocycles. The first-order chi connectivity index (χ1) is 8.79. The fraction of sp³-hybridized carbons (Fsp3) is 0.750. The summed E-state index contributed by atoms with van der Waals surface area (Å²) >= 11 is 0. The van der Waals surface area contributed by atoms with Gasteiger partial charge in [-0.1, -0.05) is 6.92 Å². The van der Waals surface area contributed by atoms with Crippen LogP contribution in [0.4, 0.5) is 0 Å². The van der Waals surface area contributed by atoms with Crippen molar-refractivity contribution in [1.82, 2.24) is 20.5 Å². The van der Waals surface area contributed by atoms with Crippen molar-refractivity contribution in [3.8, 4) is 0 Å². The Morgan fingerprint density at radius 3 is 3.11 bits per heavy atom. The maximum atomic E-state index is 11.7. The molecule has 2 N–H and O–H groups in total. The van der Waals surface area contributed by atoms with Gasteiger partial charge < -0.3 is 10.1 Å². The van der Waals surface area contributed by atoms with Crippen LogP contribution in [0.2, 0.25) is 0 Å². The fourth-order valence-corrected chi connectivity index (χ4v) is 2.02. The fourth-order valence-electron chi connectivity index (χ4n) is 2.02. The summed E-state index contributed by atoms with van der Waals surface area (Å²) in [6.07, 6.45) is 5.36. The molecule has 100 valence electrons. The zero-order valence-corrected chi connectivity index (χ0v) is 10.7. The molecule has 0 aromatic carbocycles. The van der Waals surface area contributed by atoms with Gasteiger partial charge in [0.25, 0.3) is 5.91 Å². The Bertz CT molecular complexity index is 385. The van der Waals surface area contributed by atoms with Crippen LogP contribution < -0.4 is 5.32 Å². The van der Waals surface area contributed by atoms with Gasteiger partial charge in [0, 0.05) is 19.6 Å². The third-order valence-corrected chi connectivity index (χ3v) is 3.10. The average Bonchev–Trinajstić information content (AvgIpc) is 2.89. The maximum Gasteiger partial charge on any atom is 0.290 e. The molecule has 2 rings (SSSR count). The van der Waals surface area contributed by atoms with Gasteiger partial charge in [-0.25, -0.2) is 4.98 Å². The molecule has 2 heterocycles. The van der Waals surface area contributed by atoms with E-state index in [9.17, 15) is 4.79 Å². The molecule has 0 aliphatic carbocycles. The van der Waals surface area contributed by atoms with Crippen molar-refractivity contribution in [3.63, 3.8) is 0 Å². The third kappa shape index (κ3) is 3.53. The number of ether oxygens (including phenoxy) is 1. The van der Waals surface area contributed by atoms with Crippen LogP contribution in [0.15, 0.2) is 0 Å². The van der Waals surface area contributed by atoms with Crippen LogP contribution in [0.3, 0.4) is 0 Å². The highest BCUT2D eigenvalue weighted by Crippen LogP contribution is 2.14. The molecule has 1 aromatic heterocycles. The number of carbonyl (C=O) groups excluding carboxylic acids is 1. The Balaban J connectivity index is 1.70. The monoisotopic (exact) mass is 252 g/mol. The van der Waals surface area contributed by atoms with Crippen LogP contribution in [0.25, 0.3) is 0 Å². The lowest BCUT2D eigenvalue weighted by Crippen LogP contribution is -2.30. The summed E-state index contributed by atoms with van der Waals surface area (Å²) in [7, 11) is 0. The minimum absolute atomic E-state index is 0.219. The molecule has 0 bridgehead atoms. The van der Waals surface area contributed by atoms with Crippen LogP contribution in [0, 0.1) is 0 Å². The number of carbonyl (C=O) groups is 1. The van der Waals surface area contributed by atoms with Crippen molar-refractivity contribution in [2.75, 3.05) is 13.2 Å². The summed E-state index contributed by atoms with van der Waals surface area (Å²) < 4.78 is 5.60. The highest BCUT2D eigenvalue weighted by Gasteiger charge is 2.15. The van der Waals surface area contributed by atoms with Gasteiger partial charge >= 0.3 is 0 Å². The zero-order chi connectivity index (χ0) is 12.8. The van der Waals surface area contributed by atoms with E-state index in [0.717, 1.165) is 38.1 Å². The molecule has 6 nitrogen and oxygen atoms in total. The van der Waals surface area contributed by atoms with Crippen LogP contribution in [-0.4, -0.2) is 40.3 Å². The van der Waals surface area contributed by atoms with Crippen molar-refractivity contribution in [1.29, 1.82) is 0 Å². The van der Waals surface area contributed by atoms with Gasteiger partial charge in [0.15, 0.2) is 0 Å². The molecule has 18 heavy (non-hydrogen) atoms. The Morgan fingerprint density at radius 1 is 1.56 bits per heavy atom. The van der Waals surface area contributed by atoms with Crippen molar-refractivity contribution in [3.05, 3.63) is 11.6 Å². The van der Waals surface area contributed by atoms with Crippen molar-refractivity contribution < 1.29 is 9.53 Å². The van der Waals surface area contributed by atoms with Gasteiger partial charge in [-0.15, -0.1) is 5.10 Å². The summed E-state index contributed by atoms with van der Waals surface area (Å²) in [4.78, 5) is 15.8. The Morgan fingerprint density at radius 2 is 2.44 bits per heavy atom. The van der Waals surface area contributed by atoms with E-state index in [-0.39, 0.29) is 17.8 Å². The molecular weight excluding hydrogens is 232 g/mol. The summed E-state index contributed by atoms with van der Waals surface area (Å²) in [6, 6.07) is 0. The van der Waals surface area contributed by atoms with E-state index in [1.165, 1.54) is 6.42 Å². The molecule has 1 aromatic rings. The predicted octanol–water partition coefficient (Wildman–Crippen LogP) is 1.06. The van der Waals surface area contributed by atoms with E-state index in [1.807, 2.05) is 6.92 Å². The van der Waals surface area contributed by atoms with E-state index in [4.69, 9.17) is 4.74 Å². The quantitative estimate of drug-likeness (QED) is 0.821. The van der Waals surface area contributed by atoms with Crippen LogP contribution >= 0.6 is 0 Å². The minimum atomic E-state index is -0.221. The summed E-state index contributed by atoms with van der Waals surface area (Å²) in [5.41, 5.74) is 0. The lowest BCUT2D eigenvalue weighted by molar-refractivity contribution is 0.0117. The SMILES string of the molecule is CCc1nc(C(=O)NCCC2CCCCO2)n[nH]1. The number of rotatable bonds is 5. The number of aromatic amines is 1. The number of aryl methyl sites for hydroxylation is 1. The van der Waals surface area contributed by atoms with Crippen molar-refractivity contribution in [2.45, 2.75) is 45.1 Å². The van der Waals surface area contributed by atoms with Gasteiger partial charge in [0.2, 0.25) is 5.82 Å². The number of nitrogens with zero attached hydrogens (tertiary/aromatic N) is 2. The lowest BCUT2D eigenvalue weighted by Gasteiger charge is -2.22. The molecule has 0 saturated carbocycles. The second-order valence-corrected chi connectivity index (χ2v) is 4.49. The first kappa shape index (κ1) is 13.0. The smallest absolute Gasteiger partial charge is 0.290 e. The minimum Gasteiger partial charge on any atom is -0.378 e. The summed E-state index contributed by atoms with van der Waals surface area (Å²) in [5, 5.41) is 9.42. The number of amides is 1. The largest absolute Gasteiger partial charge is 0.378 e. The Kier molecular flexibility index (Phi) is 4.69. The lowest BCUT2D eigenvalue weighted by atomic mass is 10.1. The van der Waals surface area contributed by atoms with E-state index in [0.29, 0.717) is 6.54 Å². The van der Waals surface area contributed by atoms with Gasteiger partial charge in [-0.05, 0) is 25.7 Å². The van der Waals surface area contributed by atoms with Crippen LogP contribution in [-0.2, 0) is 11.2 Å². The second kappa shape index (κ2) is 6.49. The predicted molar refractivity (Wildman–Crippen MR) is 66.3 cm³/mol. The maximum absolute atomic E-state index is 11.7. The van der Waals surface area contributed by atoms with Gasteiger partial charge in [0.1, 0.15) is 5.82 Å². The molecule has 1 amide bonds. The van der Waals surface area contributed by atoms with Crippen LogP contribution in [0.1, 0.15) is 49.1 Å². The van der Waals surface area contributed by atoms with Crippen LogP contribution in [0.5, 0.6) is 0 Å². The van der Waals surface area contributed by atoms with Gasteiger partial charge in [0.05, 0.1) is 6.10 Å². The molecule has 1 unspecified atom stereocenters. The number of hydrogen-bond donors (Lipinski definition) is 2. The molecule has 6 heteroatoms. The first-order valence-corrected chi connectivity index (χ1v) is 6.60. The highest BCUT2D eigenvalue weighted by atomic mass is 16.5. The standard InChI is InChI=1S/C12H20N4O2/c1-2-10-14-11(16-15-10)12(17)13-7-6-9-5-3-4-8-18-9/h9H,2-8H2,1H3,(H,13,17)(H,14,15,16). The van der Waals surface area contributed by atoms with E-state index in [2.05, 4.69) is 20.5 Å². The molecule has 0 spiro atoms. The Hall–Kier alpha value is -1.43. The first-order valence-electron chi connectivity index (χ1n) is 6.60. The highest BCUT2D eigenvalue weighted by molar-refractivity contribution is 5.90. The number of nitrogens with one attached hydrogen (secondary N) is 2. The zero-order valence-electron chi connectivity index (χ0n) is 10.7. The summed E-state index contributed by atoms with van der Waals surface area (Å²) in [6.45, 7) is 3.42. The van der Waals surface area contributed by atoms with Gasteiger partial charge in [-0.3, -0.25) is 9.89 Å². The molecule has 1 saturated heterocycles. The van der Waals surface area contributed by atoms with E-state index in [1.54, 1.807) is 0 Å². The molecule has 0 radical (unpaired) electrons. The number of hydrogen-bond acceptors (Lipinski definition) is 4. The van der Waals surface area contributed by atoms with Crippen molar-refractivity contribution in [2.24, 2.45) is 0 Å². The molecular formula is C12H20N4O2. The van der Waals surface area contributed by atoms with E-state index >= 15 is 0 Å². The topological polar surface area (TPSA) is 79.9 Å². The number of H-pyrrole nitrogens is 1. The second-order valence-electron chi connectivity index (χ2n) is 4.49. The normalized spacial score (nSPS) is 19.7. The third-order valence-electron chi connectivity index (χ3n) is 3.10. The van der Waals surface area contributed by atoms with Crippen molar-refractivity contribution >= 4 is 5.91 Å². The number of aromatic nitrogens is 3. The molecule has 1 fully saturated rings. The average molecular weight is 252 g/mol. The Labute approximate surface area is 107 Å². The molecule has 1 atom stereocenters. The molecule has 1 aliphatic rings. The summed E-state index contributed by atoms with van der Waals surface area (Å²) in [5.74, 6) is 0.730. The van der Waals surface area contributed by atoms with E-state index < -0.39 is 0 Å².